The van der Waals surface area contributed by atoms with Crippen LogP contribution in [0.2, 0.25) is 0 Å². The monoisotopic (exact) mass is 342 g/mol. The first-order chi connectivity index (χ1) is 11.6. The van der Waals surface area contributed by atoms with E-state index >= 15 is 0 Å². The Morgan fingerprint density at radius 3 is 2.12 bits per heavy atom. The highest BCUT2D eigenvalue weighted by Gasteiger charge is 2.69. The Labute approximate surface area is 146 Å². The SMILES string of the molecule is CC(C)(C)OC(=O)NC12CC(CN3C(=O)c4ccccc4C3=O)(C1)C2. The molecule has 0 spiro atoms. The highest BCUT2D eigenvalue weighted by Crippen LogP contribution is 2.67. The third kappa shape index (κ3) is 2.51. The molecule has 3 fully saturated rings. The molecular formula is C19H22N2O4. The largest absolute Gasteiger partial charge is 0.444 e. The summed E-state index contributed by atoms with van der Waals surface area (Å²) in [5.41, 5.74) is 0.177. The number of amides is 3. The molecule has 0 unspecified atom stereocenters. The van der Waals surface area contributed by atoms with E-state index in [-0.39, 0.29) is 22.8 Å². The lowest BCUT2D eigenvalue weighted by Gasteiger charge is -2.70. The molecule has 6 nitrogen and oxygen atoms in total. The Bertz CT molecular complexity index is 738. The van der Waals surface area contributed by atoms with Crippen molar-refractivity contribution < 1.29 is 19.1 Å². The number of ether oxygens (including phenoxy) is 1. The quantitative estimate of drug-likeness (QED) is 0.857. The van der Waals surface area contributed by atoms with Gasteiger partial charge in [-0.1, -0.05) is 12.1 Å². The van der Waals surface area contributed by atoms with Crippen LogP contribution in [0.4, 0.5) is 4.79 Å². The second-order valence-corrected chi connectivity index (χ2v) is 8.68. The number of carbonyl (C=O) groups is 3. The summed E-state index contributed by atoms with van der Waals surface area (Å²) in [4.78, 5) is 38.2. The molecule has 1 aliphatic heterocycles. The van der Waals surface area contributed by atoms with E-state index in [1.54, 1.807) is 24.3 Å². The number of benzene rings is 1. The zero-order valence-corrected chi connectivity index (χ0v) is 14.7. The summed E-state index contributed by atoms with van der Waals surface area (Å²) >= 11 is 0. The van der Waals surface area contributed by atoms with Gasteiger partial charge in [-0.15, -0.1) is 0 Å². The summed E-state index contributed by atoms with van der Waals surface area (Å²) in [5, 5.41) is 2.95. The number of hydrogen-bond acceptors (Lipinski definition) is 4. The van der Waals surface area contributed by atoms with Crippen molar-refractivity contribution in [2.75, 3.05) is 6.54 Å². The fraction of sp³-hybridized carbons (Fsp3) is 0.526. The third-order valence-corrected chi connectivity index (χ3v) is 5.28. The van der Waals surface area contributed by atoms with Gasteiger partial charge >= 0.3 is 6.09 Å². The predicted molar refractivity (Wildman–Crippen MR) is 90.2 cm³/mol. The van der Waals surface area contributed by atoms with Crippen molar-refractivity contribution in [2.24, 2.45) is 5.41 Å². The molecule has 3 aliphatic carbocycles. The number of nitrogens with zero attached hydrogens (tertiary/aromatic N) is 1. The van der Waals surface area contributed by atoms with Gasteiger partial charge in [0.2, 0.25) is 0 Å². The molecule has 1 aromatic rings. The number of hydrogen-bond donors (Lipinski definition) is 1. The van der Waals surface area contributed by atoms with Gasteiger partial charge in [0.05, 0.1) is 11.1 Å². The first-order valence-corrected chi connectivity index (χ1v) is 8.59. The van der Waals surface area contributed by atoms with Crippen molar-refractivity contribution in [3.05, 3.63) is 35.4 Å². The molecular weight excluding hydrogens is 320 g/mol. The first kappa shape index (κ1) is 16.1. The molecule has 1 heterocycles. The van der Waals surface area contributed by atoms with Crippen molar-refractivity contribution in [2.45, 2.75) is 51.2 Å². The highest BCUT2D eigenvalue weighted by molar-refractivity contribution is 6.21. The maximum Gasteiger partial charge on any atom is 0.408 e. The van der Waals surface area contributed by atoms with Gasteiger partial charge in [-0.05, 0) is 57.6 Å². The van der Waals surface area contributed by atoms with Crippen LogP contribution in [-0.4, -0.2) is 40.5 Å². The van der Waals surface area contributed by atoms with Gasteiger partial charge in [-0.25, -0.2) is 4.79 Å². The Morgan fingerprint density at radius 2 is 1.64 bits per heavy atom. The van der Waals surface area contributed by atoms with E-state index in [0.29, 0.717) is 17.7 Å². The molecule has 3 amide bonds. The molecule has 0 saturated heterocycles. The van der Waals surface area contributed by atoms with E-state index < -0.39 is 11.7 Å². The third-order valence-electron chi connectivity index (χ3n) is 5.28. The van der Waals surface area contributed by atoms with E-state index in [1.165, 1.54) is 4.90 Å². The van der Waals surface area contributed by atoms with Crippen LogP contribution in [0.5, 0.6) is 0 Å². The van der Waals surface area contributed by atoms with Crippen LogP contribution < -0.4 is 5.32 Å². The summed E-state index contributed by atoms with van der Waals surface area (Å²) in [6, 6.07) is 6.94. The van der Waals surface area contributed by atoms with E-state index in [0.717, 1.165) is 19.3 Å². The van der Waals surface area contributed by atoms with Crippen LogP contribution in [0.3, 0.4) is 0 Å². The number of nitrogens with one attached hydrogen (secondary N) is 1. The Morgan fingerprint density at radius 1 is 1.12 bits per heavy atom. The lowest BCUT2D eigenvalue weighted by Crippen LogP contribution is -2.77. The minimum Gasteiger partial charge on any atom is -0.444 e. The van der Waals surface area contributed by atoms with Crippen LogP contribution in [0.15, 0.2) is 24.3 Å². The van der Waals surface area contributed by atoms with Gasteiger partial charge in [0, 0.05) is 12.1 Å². The predicted octanol–water partition coefficient (Wildman–Crippen LogP) is 2.73. The van der Waals surface area contributed by atoms with E-state index in [2.05, 4.69) is 5.32 Å². The minimum atomic E-state index is -0.522. The summed E-state index contributed by atoms with van der Waals surface area (Å²) in [7, 11) is 0. The molecule has 2 bridgehead atoms. The molecule has 4 aliphatic rings. The van der Waals surface area contributed by atoms with E-state index in [9.17, 15) is 14.4 Å². The van der Waals surface area contributed by atoms with Crippen molar-refractivity contribution in [1.82, 2.24) is 10.2 Å². The summed E-state index contributed by atoms with van der Waals surface area (Å²) in [6.45, 7) is 5.92. The first-order valence-electron chi connectivity index (χ1n) is 8.59. The van der Waals surface area contributed by atoms with Gasteiger partial charge in [0.25, 0.3) is 11.8 Å². The maximum absolute atomic E-state index is 12.5. The Hall–Kier alpha value is -2.37. The van der Waals surface area contributed by atoms with Crippen molar-refractivity contribution in [1.29, 1.82) is 0 Å². The number of rotatable bonds is 3. The molecule has 1 N–H and O–H groups in total. The van der Waals surface area contributed by atoms with Crippen molar-refractivity contribution in [3.8, 4) is 0 Å². The lowest BCUT2D eigenvalue weighted by atomic mass is 9.39. The van der Waals surface area contributed by atoms with Gasteiger partial charge in [-0.3, -0.25) is 14.5 Å². The van der Waals surface area contributed by atoms with Crippen LogP contribution in [-0.2, 0) is 4.74 Å². The maximum atomic E-state index is 12.5. The number of alkyl carbamates (subject to hydrolysis) is 1. The average Bonchev–Trinajstić information content (AvgIpc) is 2.67. The number of fused-ring (bicyclic) bond motifs is 1. The van der Waals surface area contributed by atoms with Crippen LogP contribution in [0.1, 0.15) is 60.7 Å². The fourth-order valence-corrected chi connectivity index (χ4v) is 4.54. The number of imide groups is 1. The molecule has 0 atom stereocenters. The molecule has 0 radical (unpaired) electrons. The van der Waals surface area contributed by atoms with Crippen molar-refractivity contribution >= 4 is 17.9 Å². The topological polar surface area (TPSA) is 75.7 Å². The van der Waals surface area contributed by atoms with Gasteiger partial charge in [0.1, 0.15) is 5.60 Å². The van der Waals surface area contributed by atoms with E-state index in [4.69, 9.17) is 4.74 Å². The van der Waals surface area contributed by atoms with Crippen LogP contribution in [0.25, 0.3) is 0 Å². The average molecular weight is 342 g/mol. The van der Waals surface area contributed by atoms with Gasteiger partial charge < -0.3 is 10.1 Å². The zero-order chi connectivity index (χ0) is 18.0. The zero-order valence-electron chi connectivity index (χ0n) is 14.7. The Balaban J connectivity index is 1.37. The van der Waals surface area contributed by atoms with Crippen LogP contribution >= 0.6 is 0 Å². The molecule has 3 saturated carbocycles. The lowest BCUT2D eigenvalue weighted by molar-refractivity contribution is -0.156. The molecule has 6 heteroatoms. The highest BCUT2D eigenvalue weighted by atomic mass is 16.6. The number of carbonyl (C=O) groups excluding carboxylic acids is 3. The van der Waals surface area contributed by atoms with Gasteiger partial charge in [-0.2, -0.15) is 0 Å². The van der Waals surface area contributed by atoms with E-state index in [1.807, 2.05) is 20.8 Å². The van der Waals surface area contributed by atoms with Crippen molar-refractivity contribution in [3.63, 3.8) is 0 Å². The summed E-state index contributed by atoms with van der Waals surface area (Å²) < 4.78 is 5.31. The summed E-state index contributed by atoms with van der Waals surface area (Å²) in [6.07, 6.45) is 1.95. The smallest absolute Gasteiger partial charge is 0.408 e. The Kier molecular flexibility index (Phi) is 3.12. The molecule has 5 rings (SSSR count). The molecule has 0 aromatic heterocycles. The fourth-order valence-electron chi connectivity index (χ4n) is 4.54. The van der Waals surface area contributed by atoms with Gasteiger partial charge in [0.15, 0.2) is 0 Å². The van der Waals surface area contributed by atoms with Crippen LogP contribution in [0, 0.1) is 5.41 Å². The normalized spacial score (nSPS) is 29.6. The second kappa shape index (κ2) is 4.84. The standard InChI is InChI=1S/C19H22N2O4/c1-17(2,3)25-16(24)20-19-8-18(9-19,10-19)11-21-14(22)12-6-4-5-7-13(12)15(21)23/h4-7H,8-11H2,1-3H3,(H,20,24). The molecule has 25 heavy (non-hydrogen) atoms. The second-order valence-electron chi connectivity index (χ2n) is 8.68. The summed E-state index contributed by atoms with van der Waals surface area (Å²) in [5.74, 6) is -0.418. The molecule has 132 valence electrons. The molecule has 1 aromatic carbocycles. The minimum absolute atomic E-state index is 0.0532.